The second-order valence-electron chi connectivity index (χ2n) is 4.88. The first-order chi connectivity index (χ1) is 11.3. The Bertz CT molecular complexity index is 917. The van der Waals surface area contributed by atoms with Gasteiger partial charge in [-0.2, -0.15) is 18.2 Å². The van der Waals surface area contributed by atoms with Crippen molar-refractivity contribution >= 4 is 11.6 Å². The van der Waals surface area contributed by atoms with E-state index in [1.54, 1.807) is 24.3 Å². The molecule has 5 nitrogen and oxygen atoms in total. The number of pyridine rings is 1. The number of hydrogen-bond acceptors (Lipinski definition) is 4. The zero-order valence-corrected chi connectivity index (χ0v) is 12.7. The molecular formula is C15H9ClF3N3O2. The Morgan fingerprint density at radius 2 is 1.88 bits per heavy atom. The maximum atomic E-state index is 12.8. The van der Waals surface area contributed by atoms with Gasteiger partial charge in [0.25, 0.3) is 11.4 Å². The highest BCUT2D eigenvalue weighted by atomic mass is 35.5. The second kappa shape index (κ2) is 6.12. The molecule has 0 amide bonds. The molecule has 0 saturated carbocycles. The number of hydrogen-bond donors (Lipinski definition) is 0. The zero-order chi connectivity index (χ0) is 17.3. The summed E-state index contributed by atoms with van der Waals surface area (Å²) in [5.41, 5.74) is -1.80. The van der Waals surface area contributed by atoms with Crippen LogP contribution < -0.4 is 5.56 Å². The molecule has 0 aliphatic rings. The third-order valence-electron chi connectivity index (χ3n) is 3.20. The Balaban J connectivity index is 1.88. The number of halogens is 4. The van der Waals surface area contributed by atoms with E-state index in [0.29, 0.717) is 10.6 Å². The Hall–Kier alpha value is -2.61. The van der Waals surface area contributed by atoms with E-state index in [2.05, 4.69) is 10.1 Å². The average molecular weight is 356 g/mol. The SMILES string of the molecule is O=c1c(C(F)(F)F)cccn1Cc1noc(-c2ccc(Cl)cc2)n1. The summed E-state index contributed by atoms with van der Waals surface area (Å²) in [6.45, 7) is -0.236. The number of alkyl halides is 3. The largest absolute Gasteiger partial charge is 0.421 e. The van der Waals surface area contributed by atoms with Crippen LogP contribution in [0.15, 0.2) is 51.9 Å². The number of nitrogens with zero attached hydrogens (tertiary/aromatic N) is 3. The van der Waals surface area contributed by atoms with Crippen LogP contribution >= 0.6 is 11.6 Å². The molecule has 0 saturated heterocycles. The number of benzene rings is 1. The summed E-state index contributed by atoms with van der Waals surface area (Å²) < 4.78 is 44.2. The van der Waals surface area contributed by atoms with Gasteiger partial charge in [-0.25, -0.2) is 0 Å². The molecule has 0 aliphatic carbocycles. The second-order valence-corrected chi connectivity index (χ2v) is 5.31. The first-order valence-corrected chi connectivity index (χ1v) is 7.07. The maximum absolute atomic E-state index is 12.8. The summed E-state index contributed by atoms with van der Waals surface area (Å²) in [7, 11) is 0. The average Bonchev–Trinajstić information content (AvgIpc) is 2.97. The monoisotopic (exact) mass is 355 g/mol. The Morgan fingerprint density at radius 3 is 2.54 bits per heavy atom. The summed E-state index contributed by atoms with van der Waals surface area (Å²) in [6, 6.07) is 8.47. The molecule has 0 radical (unpaired) electrons. The van der Waals surface area contributed by atoms with Gasteiger partial charge in [0.2, 0.25) is 0 Å². The van der Waals surface area contributed by atoms with Gasteiger partial charge in [0.15, 0.2) is 5.82 Å². The predicted octanol–water partition coefficient (Wildman–Crippen LogP) is 3.62. The molecule has 0 spiro atoms. The summed E-state index contributed by atoms with van der Waals surface area (Å²) in [5, 5.41) is 4.22. The van der Waals surface area contributed by atoms with Crippen molar-refractivity contribution in [3.63, 3.8) is 0 Å². The van der Waals surface area contributed by atoms with E-state index in [1.165, 1.54) is 6.20 Å². The summed E-state index contributed by atoms with van der Waals surface area (Å²) in [5.74, 6) is 0.267. The molecular weight excluding hydrogens is 347 g/mol. The minimum absolute atomic E-state index is 0.0846. The topological polar surface area (TPSA) is 60.9 Å². The fourth-order valence-corrected chi connectivity index (χ4v) is 2.18. The van der Waals surface area contributed by atoms with Gasteiger partial charge in [-0.3, -0.25) is 4.79 Å². The molecule has 0 atom stereocenters. The van der Waals surface area contributed by atoms with Crippen LogP contribution in [0.3, 0.4) is 0 Å². The quantitative estimate of drug-likeness (QED) is 0.720. The van der Waals surface area contributed by atoms with Crippen molar-refractivity contribution in [1.82, 2.24) is 14.7 Å². The van der Waals surface area contributed by atoms with Crippen molar-refractivity contribution in [2.45, 2.75) is 12.7 Å². The first-order valence-electron chi connectivity index (χ1n) is 6.70. The fraction of sp³-hybridized carbons (Fsp3) is 0.133. The van der Waals surface area contributed by atoms with Crippen LogP contribution in [0.4, 0.5) is 13.2 Å². The zero-order valence-electron chi connectivity index (χ0n) is 11.9. The fourth-order valence-electron chi connectivity index (χ4n) is 2.06. The van der Waals surface area contributed by atoms with Crippen LogP contribution in [0.5, 0.6) is 0 Å². The van der Waals surface area contributed by atoms with Gasteiger partial charge in [-0.05, 0) is 36.4 Å². The smallest absolute Gasteiger partial charge is 0.334 e. The van der Waals surface area contributed by atoms with E-state index in [4.69, 9.17) is 16.1 Å². The van der Waals surface area contributed by atoms with Crippen LogP contribution in [0.1, 0.15) is 11.4 Å². The summed E-state index contributed by atoms with van der Waals surface area (Å²) >= 11 is 5.78. The van der Waals surface area contributed by atoms with Gasteiger partial charge >= 0.3 is 6.18 Å². The number of rotatable bonds is 3. The maximum Gasteiger partial charge on any atom is 0.421 e. The number of aromatic nitrogens is 3. The summed E-state index contributed by atoms with van der Waals surface area (Å²) in [6.07, 6.45) is -3.48. The third-order valence-corrected chi connectivity index (χ3v) is 3.45. The molecule has 24 heavy (non-hydrogen) atoms. The van der Waals surface area contributed by atoms with Gasteiger partial charge in [-0.1, -0.05) is 16.8 Å². The van der Waals surface area contributed by atoms with Crippen molar-refractivity contribution in [3.05, 3.63) is 69.4 Å². The third kappa shape index (κ3) is 3.33. The summed E-state index contributed by atoms with van der Waals surface area (Å²) in [4.78, 5) is 16.0. The van der Waals surface area contributed by atoms with Crippen molar-refractivity contribution < 1.29 is 17.7 Å². The Kier molecular flexibility index (Phi) is 4.15. The van der Waals surface area contributed by atoms with Gasteiger partial charge in [-0.15, -0.1) is 0 Å². The molecule has 3 rings (SSSR count). The van der Waals surface area contributed by atoms with Crippen LogP contribution in [-0.2, 0) is 12.7 Å². The highest BCUT2D eigenvalue weighted by molar-refractivity contribution is 6.30. The lowest BCUT2D eigenvalue weighted by molar-refractivity contribution is -0.138. The minimum atomic E-state index is -4.72. The Morgan fingerprint density at radius 1 is 1.17 bits per heavy atom. The van der Waals surface area contributed by atoms with Crippen LogP contribution in [0.2, 0.25) is 5.02 Å². The van der Waals surface area contributed by atoms with Crippen molar-refractivity contribution in [1.29, 1.82) is 0 Å². The molecule has 124 valence electrons. The molecule has 0 unspecified atom stereocenters. The van der Waals surface area contributed by atoms with E-state index < -0.39 is 17.3 Å². The molecule has 9 heteroatoms. The Labute approximate surface area is 138 Å². The minimum Gasteiger partial charge on any atom is -0.334 e. The van der Waals surface area contributed by atoms with E-state index in [1.807, 2.05) is 0 Å². The molecule has 0 N–H and O–H groups in total. The molecule has 0 aliphatic heterocycles. The lowest BCUT2D eigenvalue weighted by Crippen LogP contribution is -2.28. The molecule has 2 heterocycles. The first kappa shape index (κ1) is 16.3. The highest BCUT2D eigenvalue weighted by Gasteiger charge is 2.34. The van der Waals surface area contributed by atoms with Gasteiger partial charge in [0.1, 0.15) is 5.56 Å². The van der Waals surface area contributed by atoms with Crippen molar-refractivity contribution in [2.24, 2.45) is 0 Å². The van der Waals surface area contributed by atoms with E-state index in [0.717, 1.165) is 16.7 Å². The normalized spacial score (nSPS) is 11.7. The van der Waals surface area contributed by atoms with Crippen LogP contribution in [0.25, 0.3) is 11.5 Å². The molecule has 2 aromatic heterocycles. The van der Waals surface area contributed by atoms with Crippen LogP contribution in [0, 0.1) is 0 Å². The lowest BCUT2D eigenvalue weighted by atomic mass is 10.2. The van der Waals surface area contributed by atoms with Crippen LogP contribution in [-0.4, -0.2) is 14.7 Å². The van der Waals surface area contributed by atoms with Crippen molar-refractivity contribution in [2.75, 3.05) is 0 Å². The van der Waals surface area contributed by atoms with E-state index in [-0.39, 0.29) is 18.3 Å². The molecule has 3 aromatic rings. The standard InChI is InChI=1S/C15H9ClF3N3O2/c16-10-5-3-9(4-6-10)13-20-12(21-24-13)8-22-7-1-2-11(14(22)23)15(17,18)19/h1-7H,8H2. The highest BCUT2D eigenvalue weighted by Crippen LogP contribution is 2.26. The predicted molar refractivity (Wildman–Crippen MR) is 79.6 cm³/mol. The molecule has 0 bridgehead atoms. The van der Waals surface area contributed by atoms with E-state index in [9.17, 15) is 18.0 Å². The molecule has 0 fully saturated rings. The van der Waals surface area contributed by atoms with Gasteiger partial charge in [0.05, 0.1) is 6.54 Å². The van der Waals surface area contributed by atoms with Gasteiger partial charge < -0.3 is 9.09 Å². The van der Waals surface area contributed by atoms with E-state index >= 15 is 0 Å². The van der Waals surface area contributed by atoms with Crippen molar-refractivity contribution in [3.8, 4) is 11.5 Å². The molecule has 1 aromatic carbocycles. The van der Waals surface area contributed by atoms with Gasteiger partial charge in [0, 0.05) is 16.8 Å². The lowest BCUT2D eigenvalue weighted by Gasteiger charge is -2.08.